The van der Waals surface area contributed by atoms with Crippen molar-refractivity contribution in [1.82, 2.24) is 10.1 Å². The van der Waals surface area contributed by atoms with E-state index in [1.54, 1.807) is 14.2 Å². The fraction of sp³-hybridized carbons (Fsp3) is 0.429. The standard InChI is InChI=1S/C14H16N2O4/c1-17-11-5-3-4-10(12(11)18-2)14-15-13(16-20-14)9-6-7-19-8-9/h3-5,9H,6-8H2,1-2H3. The van der Waals surface area contributed by atoms with Gasteiger partial charge in [-0.3, -0.25) is 0 Å². The van der Waals surface area contributed by atoms with Gasteiger partial charge in [0, 0.05) is 12.5 Å². The van der Waals surface area contributed by atoms with Crippen LogP contribution in [0.15, 0.2) is 22.7 Å². The third kappa shape index (κ3) is 2.22. The minimum atomic E-state index is 0.212. The molecule has 0 N–H and O–H groups in total. The molecule has 0 amide bonds. The van der Waals surface area contributed by atoms with Gasteiger partial charge in [-0.1, -0.05) is 11.2 Å². The lowest BCUT2D eigenvalue weighted by Crippen LogP contribution is -1.99. The van der Waals surface area contributed by atoms with Gasteiger partial charge >= 0.3 is 0 Å². The van der Waals surface area contributed by atoms with Gasteiger partial charge in [0.15, 0.2) is 17.3 Å². The lowest BCUT2D eigenvalue weighted by molar-refractivity contribution is 0.192. The van der Waals surface area contributed by atoms with Crippen LogP contribution in [0.3, 0.4) is 0 Å². The van der Waals surface area contributed by atoms with E-state index < -0.39 is 0 Å². The molecule has 2 heterocycles. The first-order valence-corrected chi connectivity index (χ1v) is 6.46. The second-order valence-corrected chi connectivity index (χ2v) is 4.56. The Kier molecular flexibility index (Phi) is 3.56. The molecule has 20 heavy (non-hydrogen) atoms. The van der Waals surface area contributed by atoms with E-state index in [9.17, 15) is 0 Å². The molecular formula is C14H16N2O4. The average molecular weight is 276 g/mol. The first kappa shape index (κ1) is 12.9. The van der Waals surface area contributed by atoms with Gasteiger partial charge in [-0.15, -0.1) is 0 Å². The monoisotopic (exact) mass is 276 g/mol. The van der Waals surface area contributed by atoms with Crippen LogP contribution in [0.4, 0.5) is 0 Å². The number of hydrogen-bond acceptors (Lipinski definition) is 6. The molecule has 0 spiro atoms. The van der Waals surface area contributed by atoms with Crippen LogP contribution in [0, 0.1) is 0 Å². The first-order chi connectivity index (χ1) is 9.83. The Morgan fingerprint density at radius 3 is 2.85 bits per heavy atom. The van der Waals surface area contributed by atoms with E-state index in [-0.39, 0.29) is 5.92 Å². The molecule has 6 heteroatoms. The summed E-state index contributed by atoms with van der Waals surface area (Å²) in [6.45, 7) is 1.39. The average Bonchev–Trinajstić information content (AvgIpc) is 3.16. The lowest BCUT2D eigenvalue weighted by Gasteiger charge is -2.09. The van der Waals surface area contributed by atoms with Gasteiger partial charge in [0.05, 0.1) is 26.4 Å². The van der Waals surface area contributed by atoms with Crippen molar-refractivity contribution in [2.24, 2.45) is 0 Å². The highest BCUT2D eigenvalue weighted by Gasteiger charge is 2.24. The highest BCUT2D eigenvalue weighted by Crippen LogP contribution is 2.37. The zero-order valence-corrected chi connectivity index (χ0v) is 11.5. The van der Waals surface area contributed by atoms with E-state index in [0.717, 1.165) is 18.6 Å². The van der Waals surface area contributed by atoms with Crippen molar-refractivity contribution in [1.29, 1.82) is 0 Å². The third-order valence-corrected chi connectivity index (χ3v) is 3.37. The van der Waals surface area contributed by atoms with Gasteiger partial charge in [-0.2, -0.15) is 4.98 Å². The Labute approximate surface area is 116 Å². The summed E-state index contributed by atoms with van der Waals surface area (Å²) in [5.74, 6) is 2.55. The van der Waals surface area contributed by atoms with Crippen molar-refractivity contribution >= 4 is 0 Å². The molecule has 1 aromatic heterocycles. The summed E-state index contributed by atoms with van der Waals surface area (Å²) in [6, 6.07) is 5.55. The smallest absolute Gasteiger partial charge is 0.261 e. The second-order valence-electron chi connectivity index (χ2n) is 4.56. The molecule has 1 aliphatic rings. The summed E-state index contributed by atoms with van der Waals surface area (Å²) in [5, 5.41) is 4.04. The number of ether oxygens (including phenoxy) is 3. The molecule has 1 fully saturated rings. The van der Waals surface area contributed by atoms with Crippen LogP contribution in [0.2, 0.25) is 0 Å². The van der Waals surface area contributed by atoms with E-state index in [1.807, 2.05) is 18.2 Å². The van der Waals surface area contributed by atoms with Crippen LogP contribution in [-0.4, -0.2) is 37.6 Å². The molecular weight excluding hydrogens is 260 g/mol. The van der Waals surface area contributed by atoms with Gasteiger partial charge in [0.1, 0.15) is 0 Å². The van der Waals surface area contributed by atoms with Crippen LogP contribution in [0.5, 0.6) is 11.5 Å². The molecule has 1 aliphatic heterocycles. The molecule has 1 unspecified atom stereocenters. The second kappa shape index (κ2) is 5.50. The van der Waals surface area contributed by atoms with Crippen molar-refractivity contribution in [3.05, 3.63) is 24.0 Å². The first-order valence-electron chi connectivity index (χ1n) is 6.46. The highest BCUT2D eigenvalue weighted by atomic mass is 16.5. The van der Waals surface area contributed by atoms with Gasteiger partial charge < -0.3 is 18.7 Å². The fourth-order valence-corrected chi connectivity index (χ4v) is 2.30. The molecule has 0 bridgehead atoms. The molecule has 1 aromatic carbocycles. The molecule has 1 atom stereocenters. The van der Waals surface area contributed by atoms with E-state index >= 15 is 0 Å². The summed E-state index contributed by atoms with van der Waals surface area (Å²) >= 11 is 0. The third-order valence-electron chi connectivity index (χ3n) is 3.37. The maximum atomic E-state index is 5.38. The Morgan fingerprint density at radius 2 is 2.15 bits per heavy atom. The molecule has 106 valence electrons. The normalized spacial score (nSPS) is 18.2. The quantitative estimate of drug-likeness (QED) is 0.853. The number of aromatic nitrogens is 2. The Bertz CT molecular complexity index is 591. The number of rotatable bonds is 4. The summed E-state index contributed by atoms with van der Waals surface area (Å²) < 4.78 is 21.3. The molecule has 0 saturated carbocycles. The van der Waals surface area contributed by atoms with E-state index in [1.165, 1.54) is 0 Å². The number of benzene rings is 1. The summed E-state index contributed by atoms with van der Waals surface area (Å²) in [4.78, 5) is 4.45. The van der Waals surface area contributed by atoms with Crippen LogP contribution >= 0.6 is 0 Å². The SMILES string of the molecule is COc1cccc(-c2nc(C3CCOC3)no2)c1OC. The minimum absolute atomic E-state index is 0.212. The number of nitrogens with zero attached hydrogens (tertiary/aromatic N) is 2. The molecule has 0 aliphatic carbocycles. The molecule has 0 radical (unpaired) electrons. The van der Waals surface area contributed by atoms with Crippen molar-refractivity contribution in [3.63, 3.8) is 0 Å². The lowest BCUT2D eigenvalue weighted by atomic mass is 10.1. The van der Waals surface area contributed by atoms with E-state index in [0.29, 0.717) is 29.8 Å². The van der Waals surface area contributed by atoms with E-state index in [2.05, 4.69) is 10.1 Å². The van der Waals surface area contributed by atoms with Crippen molar-refractivity contribution in [2.45, 2.75) is 12.3 Å². The van der Waals surface area contributed by atoms with Crippen LogP contribution in [0.1, 0.15) is 18.2 Å². The van der Waals surface area contributed by atoms with Crippen molar-refractivity contribution in [3.8, 4) is 23.0 Å². The number of para-hydroxylation sites is 1. The Balaban J connectivity index is 1.96. The maximum Gasteiger partial charge on any atom is 0.261 e. The number of hydrogen-bond donors (Lipinski definition) is 0. The maximum absolute atomic E-state index is 5.38. The zero-order valence-electron chi connectivity index (χ0n) is 11.5. The highest BCUT2D eigenvalue weighted by molar-refractivity contribution is 5.67. The zero-order chi connectivity index (χ0) is 13.9. The van der Waals surface area contributed by atoms with E-state index in [4.69, 9.17) is 18.7 Å². The number of methoxy groups -OCH3 is 2. The van der Waals surface area contributed by atoms with Crippen LogP contribution in [-0.2, 0) is 4.74 Å². The summed E-state index contributed by atoms with van der Waals surface area (Å²) in [7, 11) is 3.18. The topological polar surface area (TPSA) is 66.6 Å². The Hall–Kier alpha value is -2.08. The predicted molar refractivity (Wildman–Crippen MR) is 71.0 cm³/mol. The van der Waals surface area contributed by atoms with Crippen LogP contribution in [0.25, 0.3) is 11.5 Å². The van der Waals surface area contributed by atoms with Gasteiger partial charge in [-0.05, 0) is 18.6 Å². The van der Waals surface area contributed by atoms with Crippen molar-refractivity contribution in [2.75, 3.05) is 27.4 Å². The summed E-state index contributed by atoms with van der Waals surface area (Å²) in [6.07, 6.45) is 0.925. The Morgan fingerprint density at radius 1 is 1.25 bits per heavy atom. The predicted octanol–water partition coefficient (Wildman–Crippen LogP) is 2.26. The summed E-state index contributed by atoms with van der Waals surface area (Å²) in [5.41, 5.74) is 0.726. The molecule has 3 rings (SSSR count). The van der Waals surface area contributed by atoms with Crippen LogP contribution < -0.4 is 9.47 Å². The van der Waals surface area contributed by atoms with Gasteiger partial charge in [-0.25, -0.2) is 0 Å². The molecule has 2 aromatic rings. The molecule has 1 saturated heterocycles. The van der Waals surface area contributed by atoms with Crippen molar-refractivity contribution < 1.29 is 18.7 Å². The van der Waals surface area contributed by atoms with Gasteiger partial charge in [0.25, 0.3) is 5.89 Å². The molecule has 6 nitrogen and oxygen atoms in total. The largest absolute Gasteiger partial charge is 0.493 e. The minimum Gasteiger partial charge on any atom is -0.493 e. The van der Waals surface area contributed by atoms with Gasteiger partial charge in [0.2, 0.25) is 0 Å². The fourth-order valence-electron chi connectivity index (χ4n) is 2.30.